The number of thiazole rings is 1. The van der Waals surface area contributed by atoms with Gasteiger partial charge in [-0.2, -0.15) is 0 Å². The van der Waals surface area contributed by atoms with E-state index in [1.165, 1.54) is 33.9 Å². The number of amides is 2. The van der Waals surface area contributed by atoms with Crippen molar-refractivity contribution in [2.75, 3.05) is 23.8 Å². The van der Waals surface area contributed by atoms with Gasteiger partial charge in [0.25, 0.3) is 11.8 Å². The van der Waals surface area contributed by atoms with Gasteiger partial charge in [-0.1, -0.05) is 16.9 Å². The van der Waals surface area contributed by atoms with E-state index in [1.54, 1.807) is 6.08 Å². The molecule has 0 radical (unpaired) electrons. The van der Waals surface area contributed by atoms with Crippen molar-refractivity contribution in [3.8, 4) is 0 Å². The first-order chi connectivity index (χ1) is 20.0. The molecule has 1 aromatic heterocycles. The van der Waals surface area contributed by atoms with E-state index in [4.69, 9.17) is 22.1 Å². The third-order valence-corrected chi connectivity index (χ3v) is 10.1. The Kier molecular flexibility index (Phi) is 8.35. The average Bonchev–Trinajstić information content (AvgIpc) is 3.61. The average molecular weight is 638 g/mol. The number of oxime groups is 1. The molecular formula is C23H27N9O7S3. The lowest BCUT2D eigenvalue weighted by Crippen LogP contribution is -2.71. The highest BCUT2D eigenvalue weighted by molar-refractivity contribution is 8.14. The Morgan fingerprint density at radius 2 is 2.00 bits per heavy atom. The van der Waals surface area contributed by atoms with Crippen LogP contribution >= 0.6 is 34.9 Å². The molecule has 42 heavy (non-hydrogen) atoms. The number of carboxylic acid groups (broad SMARTS) is 2. The standard InChI is InChI=1S/C23H27N9O7S3/c24-12-3-6-31(26)22(28-12)42-8-10-7-40-18-14(17(34)32(18)15(10)19(35)36)29-16(33)13(11-9-41-21(25)27-11)30-39-23(20(37)38)4-1-2-5-23/h3,9,14,18H,1-2,4-8,24,26H2,(H2,25,27)(H,29,33)(H,35,36)(H,37,38)/b30-13-/t14?,18-/m0/s1. The molecule has 2 atom stereocenters. The summed E-state index contributed by atoms with van der Waals surface area (Å²) in [7, 11) is 0. The molecule has 5 rings (SSSR count). The molecule has 4 aliphatic rings. The Labute approximate surface area is 251 Å². The molecule has 1 saturated heterocycles. The highest BCUT2D eigenvalue weighted by Gasteiger charge is 2.54. The topological polar surface area (TPSA) is 252 Å². The molecule has 224 valence electrons. The number of aliphatic carboxylic acids is 2. The van der Waals surface area contributed by atoms with Gasteiger partial charge in [-0.25, -0.2) is 25.4 Å². The SMILES string of the molecule is NC1=CCN(N)C(SCC2=C(C(=O)O)N3C(=O)C(NC(=O)/C(=N\OC4(C(=O)O)CCCC4)c4csc(N)n4)[C@@H]3SC2)=N1. The third kappa shape index (κ3) is 5.63. The van der Waals surface area contributed by atoms with E-state index >= 15 is 0 Å². The number of fused-ring (bicyclic) bond motifs is 1. The van der Waals surface area contributed by atoms with E-state index in [2.05, 4.69) is 20.4 Å². The number of anilines is 1. The van der Waals surface area contributed by atoms with Crippen LogP contribution in [-0.2, 0) is 24.0 Å². The van der Waals surface area contributed by atoms with E-state index in [-0.39, 0.29) is 46.6 Å². The monoisotopic (exact) mass is 637 g/mol. The molecule has 0 aromatic carbocycles. The molecule has 0 bridgehead atoms. The fourth-order valence-corrected chi connectivity index (χ4v) is 7.76. The summed E-state index contributed by atoms with van der Waals surface area (Å²) in [6, 6.07) is -1.07. The number of hydrogen-bond acceptors (Lipinski definition) is 15. The molecule has 4 heterocycles. The number of nitrogens with zero attached hydrogens (tertiary/aromatic N) is 5. The number of β-lactam (4-membered cyclic amide) rings is 1. The summed E-state index contributed by atoms with van der Waals surface area (Å²) < 4.78 is 0. The molecule has 1 saturated carbocycles. The number of carbonyl (C=O) groups excluding carboxylic acids is 2. The number of aromatic nitrogens is 1. The number of rotatable bonds is 9. The first kappa shape index (κ1) is 29.7. The normalized spacial score (nSPS) is 23.5. The lowest BCUT2D eigenvalue weighted by molar-refractivity contribution is -0.165. The van der Waals surface area contributed by atoms with Gasteiger partial charge in [0, 0.05) is 29.7 Å². The lowest BCUT2D eigenvalue weighted by Gasteiger charge is -2.49. The number of aliphatic imine (C=N–C) groups is 1. The number of hydrogen-bond donors (Lipinski definition) is 6. The molecule has 16 nitrogen and oxygen atoms in total. The summed E-state index contributed by atoms with van der Waals surface area (Å²) in [4.78, 5) is 65.5. The molecule has 9 N–H and O–H groups in total. The van der Waals surface area contributed by atoms with Crippen LogP contribution in [0.25, 0.3) is 0 Å². The van der Waals surface area contributed by atoms with Crippen molar-refractivity contribution >= 4 is 74.6 Å². The van der Waals surface area contributed by atoms with Gasteiger partial charge < -0.3 is 31.8 Å². The number of hydrazine groups is 1. The maximum atomic E-state index is 13.4. The highest BCUT2D eigenvalue weighted by atomic mass is 32.2. The summed E-state index contributed by atoms with van der Waals surface area (Å²) in [5, 5.41) is 28.9. The van der Waals surface area contributed by atoms with Crippen LogP contribution in [0.5, 0.6) is 0 Å². The van der Waals surface area contributed by atoms with Crippen LogP contribution in [0.15, 0.2) is 38.7 Å². The minimum absolute atomic E-state index is 0.0500. The van der Waals surface area contributed by atoms with Crippen LogP contribution in [0.2, 0.25) is 0 Å². The van der Waals surface area contributed by atoms with Crippen molar-refractivity contribution in [1.82, 2.24) is 20.2 Å². The van der Waals surface area contributed by atoms with Gasteiger partial charge in [-0.05, 0) is 24.5 Å². The molecule has 3 aliphatic heterocycles. The first-order valence-electron chi connectivity index (χ1n) is 12.6. The van der Waals surface area contributed by atoms with Gasteiger partial charge >= 0.3 is 11.9 Å². The van der Waals surface area contributed by atoms with Gasteiger partial charge in [-0.15, -0.1) is 23.1 Å². The largest absolute Gasteiger partial charge is 0.478 e. The Hall–Kier alpha value is -3.81. The van der Waals surface area contributed by atoms with E-state index in [1.807, 2.05) is 0 Å². The minimum Gasteiger partial charge on any atom is -0.478 e. The van der Waals surface area contributed by atoms with E-state index < -0.39 is 40.8 Å². The summed E-state index contributed by atoms with van der Waals surface area (Å²) in [5.41, 5.74) is 9.94. The minimum atomic E-state index is -1.57. The number of carboxylic acids is 2. The number of carbonyl (C=O) groups is 4. The zero-order chi connectivity index (χ0) is 30.2. The smallest absolute Gasteiger partial charge is 0.352 e. The second kappa shape index (κ2) is 11.8. The number of nitrogens with one attached hydrogen (secondary N) is 1. The van der Waals surface area contributed by atoms with Crippen molar-refractivity contribution in [2.24, 2.45) is 21.7 Å². The van der Waals surface area contributed by atoms with Crippen LogP contribution in [0.3, 0.4) is 0 Å². The Morgan fingerprint density at radius 1 is 1.26 bits per heavy atom. The molecule has 0 spiro atoms. The summed E-state index contributed by atoms with van der Waals surface area (Å²) in [6.45, 7) is 0.354. The van der Waals surface area contributed by atoms with Crippen LogP contribution in [-0.4, -0.2) is 94.8 Å². The van der Waals surface area contributed by atoms with E-state index in [0.29, 0.717) is 35.9 Å². The predicted octanol–water partition coefficient (Wildman–Crippen LogP) is -0.339. The molecule has 1 aliphatic carbocycles. The fraction of sp³-hybridized carbons (Fsp3) is 0.435. The van der Waals surface area contributed by atoms with Gasteiger partial charge in [-0.3, -0.25) is 19.5 Å². The van der Waals surface area contributed by atoms with Gasteiger partial charge in [0.2, 0.25) is 5.60 Å². The maximum absolute atomic E-state index is 13.4. The first-order valence-corrected chi connectivity index (χ1v) is 15.5. The maximum Gasteiger partial charge on any atom is 0.352 e. The van der Waals surface area contributed by atoms with Crippen molar-refractivity contribution in [3.05, 3.63) is 34.2 Å². The summed E-state index contributed by atoms with van der Waals surface area (Å²) in [6.07, 6.45) is 3.34. The number of thioether (sulfide) groups is 2. The Balaban J connectivity index is 1.33. The third-order valence-electron chi connectivity index (χ3n) is 6.97. The van der Waals surface area contributed by atoms with Crippen molar-refractivity contribution in [3.63, 3.8) is 0 Å². The number of nitrogen functional groups attached to an aromatic ring is 1. The zero-order valence-electron chi connectivity index (χ0n) is 21.9. The molecule has 2 amide bonds. The van der Waals surface area contributed by atoms with Crippen molar-refractivity contribution in [1.29, 1.82) is 0 Å². The Morgan fingerprint density at radius 3 is 2.64 bits per heavy atom. The number of amidine groups is 1. The summed E-state index contributed by atoms with van der Waals surface area (Å²) >= 11 is 3.53. The predicted molar refractivity (Wildman–Crippen MR) is 156 cm³/mol. The van der Waals surface area contributed by atoms with Gasteiger partial charge in [0.1, 0.15) is 28.6 Å². The molecule has 1 aromatic rings. The molecule has 1 unspecified atom stereocenters. The van der Waals surface area contributed by atoms with Crippen molar-refractivity contribution in [2.45, 2.75) is 42.7 Å². The number of nitrogens with two attached hydrogens (primary N) is 3. The second-order valence-corrected chi connectivity index (χ2v) is 12.6. The second-order valence-electron chi connectivity index (χ2n) is 9.69. The molecular weight excluding hydrogens is 611 g/mol. The fourth-order valence-electron chi connectivity index (χ4n) is 4.79. The van der Waals surface area contributed by atoms with Gasteiger partial charge in [0.05, 0.1) is 6.54 Å². The molecule has 19 heteroatoms. The van der Waals surface area contributed by atoms with E-state index in [0.717, 1.165) is 16.2 Å². The van der Waals surface area contributed by atoms with Crippen LogP contribution in [0.4, 0.5) is 5.13 Å². The zero-order valence-corrected chi connectivity index (χ0v) is 24.3. The van der Waals surface area contributed by atoms with E-state index in [9.17, 15) is 29.4 Å². The quantitative estimate of drug-likeness (QED) is 0.0877. The molecule has 2 fully saturated rings. The van der Waals surface area contributed by atoms with Crippen molar-refractivity contribution < 1.29 is 34.2 Å². The summed E-state index contributed by atoms with van der Waals surface area (Å²) in [5.74, 6) is 2.75. The lowest BCUT2D eigenvalue weighted by atomic mass is 10.0. The highest BCUT2D eigenvalue weighted by Crippen LogP contribution is 2.41. The van der Waals surface area contributed by atoms with Gasteiger partial charge in [0.15, 0.2) is 16.0 Å². The van der Waals surface area contributed by atoms with Crippen LogP contribution < -0.4 is 22.6 Å². The van der Waals surface area contributed by atoms with Crippen LogP contribution in [0, 0.1) is 0 Å². The van der Waals surface area contributed by atoms with Crippen LogP contribution in [0.1, 0.15) is 31.4 Å². The Bertz CT molecular complexity index is 1450.